The van der Waals surface area contributed by atoms with E-state index in [0.717, 1.165) is 16.7 Å². The van der Waals surface area contributed by atoms with Crippen LogP contribution in [0.15, 0.2) is 11.6 Å². The third-order valence-corrected chi connectivity index (χ3v) is 4.84. The minimum atomic E-state index is 0.795. The largest absolute Gasteiger partial charge is 0.0850 e. The first kappa shape index (κ1) is 6.28. The maximum absolute atomic E-state index is 2.47. The topological polar surface area (TPSA) is 0 Å². The average molecular weight is 148 g/mol. The molecule has 3 unspecified atom stereocenters. The van der Waals surface area contributed by atoms with Gasteiger partial charge in [0.15, 0.2) is 0 Å². The van der Waals surface area contributed by atoms with Crippen LogP contribution < -0.4 is 0 Å². The van der Waals surface area contributed by atoms with E-state index in [4.69, 9.17) is 0 Å². The minimum absolute atomic E-state index is 0.795. The lowest BCUT2D eigenvalue weighted by molar-refractivity contribution is 0.479. The van der Waals surface area contributed by atoms with Gasteiger partial charge in [0, 0.05) is 0 Å². The summed E-state index contributed by atoms with van der Waals surface area (Å²) in [5, 5.41) is 0. The van der Waals surface area contributed by atoms with Gasteiger partial charge in [-0.3, -0.25) is 0 Å². The molecule has 3 aliphatic carbocycles. The van der Waals surface area contributed by atoms with Crippen LogP contribution in [0.3, 0.4) is 0 Å². The molecule has 0 saturated heterocycles. The van der Waals surface area contributed by atoms with Gasteiger partial charge in [-0.25, -0.2) is 0 Å². The molecule has 0 N–H and O–H groups in total. The van der Waals surface area contributed by atoms with E-state index in [1.54, 1.807) is 5.57 Å². The van der Waals surface area contributed by atoms with E-state index in [1.165, 1.54) is 25.7 Å². The molecule has 0 heterocycles. The van der Waals surface area contributed by atoms with Gasteiger partial charge in [0.1, 0.15) is 0 Å². The van der Waals surface area contributed by atoms with Crippen LogP contribution in [-0.4, -0.2) is 0 Å². The fourth-order valence-corrected chi connectivity index (χ4v) is 3.23. The van der Waals surface area contributed by atoms with Crippen LogP contribution in [0.4, 0.5) is 0 Å². The first-order valence-electron chi connectivity index (χ1n) is 4.87. The van der Waals surface area contributed by atoms with Crippen molar-refractivity contribution in [2.75, 3.05) is 0 Å². The van der Waals surface area contributed by atoms with Gasteiger partial charge >= 0.3 is 0 Å². The molecule has 0 nitrogen and oxygen atoms in total. The highest BCUT2D eigenvalue weighted by Crippen LogP contribution is 2.91. The summed E-state index contributed by atoms with van der Waals surface area (Å²) >= 11 is 0. The maximum atomic E-state index is 2.47. The molecule has 2 fully saturated rings. The molecule has 60 valence electrons. The highest BCUT2D eigenvalue weighted by Gasteiger charge is 2.85. The van der Waals surface area contributed by atoms with Crippen molar-refractivity contribution in [3.05, 3.63) is 11.6 Å². The van der Waals surface area contributed by atoms with Gasteiger partial charge < -0.3 is 0 Å². The van der Waals surface area contributed by atoms with Crippen molar-refractivity contribution in [3.63, 3.8) is 0 Å². The fourth-order valence-electron chi connectivity index (χ4n) is 3.23. The van der Waals surface area contributed by atoms with E-state index < -0.39 is 0 Å². The zero-order valence-electron chi connectivity index (χ0n) is 7.48. The van der Waals surface area contributed by atoms with Gasteiger partial charge in [-0.05, 0) is 42.4 Å². The van der Waals surface area contributed by atoms with Crippen LogP contribution in [-0.2, 0) is 0 Å². The molecule has 0 aliphatic heterocycles. The molecule has 2 saturated carbocycles. The second-order valence-electron chi connectivity index (χ2n) is 5.05. The van der Waals surface area contributed by atoms with E-state index in [2.05, 4.69) is 19.9 Å². The lowest BCUT2D eigenvalue weighted by atomic mass is 9.89. The van der Waals surface area contributed by atoms with Crippen LogP contribution in [0.5, 0.6) is 0 Å². The van der Waals surface area contributed by atoms with Crippen LogP contribution in [0.2, 0.25) is 0 Å². The van der Waals surface area contributed by atoms with Crippen LogP contribution >= 0.6 is 0 Å². The molecule has 0 heteroatoms. The maximum Gasteiger partial charge on any atom is -0.0167 e. The Bertz CT molecular complexity index is 251. The first-order valence-corrected chi connectivity index (χ1v) is 4.87. The summed E-state index contributed by atoms with van der Waals surface area (Å²) in [5.41, 5.74) is 3.38. The molecule has 3 rings (SSSR count). The third kappa shape index (κ3) is 0.513. The van der Waals surface area contributed by atoms with Crippen molar-refractivity contribution in [1.29, 1.82) is 0 Å². The molecule has 0 aromatic carbocycles. The van der Waals surface area contributed by atoms with E-state index in [1.807, 2.05) is 0 Å². The summed E-state index contributed by atoms with van der Waals surface area (Å²) in [6, 6.07) is 0. The molecule has 3 aliphatic rings. The van der Waals surface area contributed by atoms with Crippen molar-refractivity contribution < 1.29 is 0 Å². The normalized spacial score (nSPS) is 57.6. The zero-order valence-corrected chi connectivity index (χ0v) is 7.48. The molecular formula is C11H16. The number of allylic oxidation sites excluding steroid dienone is 2. The van der Waals surface area contributed by atoms with E-state index in [9.17, 15) is 0 Å². The smallest absolute Gasteiger partial charge is 0.0167 e. The Morgan fingerprint density at radius 3 is 2.55 bits per heavy atom. The second-order valence-corrected chi connectivity index (χ2v) is 5.05. The van der Waals surface area contributed by atoms with Crippen molar-refractivity contribution in [1.82, 2.24) is 0 Å². The predicted octanol–water partition coefficient (Wildman–Crippen LogP) is 3.14. The summed E-state index contributed by atoms with van der Waals surface area (Å²) in [6.45, 7) is 4.90. The number of hydrogen-bond donors (Lipinski definition) is 0. The molecule has 0 aromatic rings. The molecule has 0 bridgehead atoms. The highest BCUT2D eigenvalue weighted by atomic mass is 14.9. The Morgan fingerprint density at radius 1 is 1.64 bits per heavy atom. The third-order valence-electron chi connectivity index (χ3n) is 4.84. The SMILES string of the molecule is CC1C2(C)CC12CC1=CCC1. The Hall–Kier alpha value is -0.260. The molecule has 0 spiro atoms. The lowest BCUT2D eigenvalue weighted by Gasteiger charge is -2.16. The van der Waals surface area contributed by atoms with Gasteiger partial charge in [-0.2, -0.15) is 0 Å². The Labute approximate surface area is 68.7 Å². The van der Waals surface area contributed by atoms with E-state index in [0.29, 0.717) is 0 Å². The van der Waals surface area contributed by atoms with Gasteiger partial charge in [0.05, 0.1) is 0 Å². The quantitative estimate of drug-likeness (QED) is 0.528. The summed E-state index contributed by atoms with van der Waals surface area (Å²) < 4.78 is 0. The Morgan fingerprint density at radius 2 is 2.27 bits per heavy atom. The van der Waals surface area contributed by atoms with Crippen molar-refractivity contribution in [3.8, 4) is 0 Å². The van der Waals surface area contributed by atoms with Crippen LogP contribution in [0, 0.1) is 16.7 Å². The molecule has 11 heavy (non-hydrogen) atoms. The summed E-state index contributed by atoms with van der Waals surface area (Å²) in [5.74, 6) is 1.04. The van der Waals surface area contributed by atoms with Crippen LogP contribution in [0.1, 0.15) is 39.5 Å². The monoisotopic (exact) mass is 148 g/mol. The summed E-state index contributed by atoms with van der Waals surface area (Å²) in [6.07, 6.45) is 8.18. The minimum Gasteiger partial charge on any atom is -0.0850 e. The lowest BCUT2D eigenvalue weighted by Crippen LogP contribution is -2.01. The summed E-state index contributed by atoms with van der Waals surface area (Å²) in [4.78, 5) is 0. The first-order chi connectivity index (χ1) is 5.19. The van der Waals surface area contributed by atoms with Crippen molar-refractivity contribution >= 4 is 0 Å². The van der Waals surface area contributed by atoms with E-state index in [-0.39, 0.29) is 0 Å². The predicted molar refractivity (Wildman–Crippen MR) is 46.3 cm³/mol. The molecule has 0 radical (unpaired) electrons. The van der Waals surface area contributed by atoms with Gasteiger partial charge in [-0.15, -0.1) is 0 Å². The Balaban J connectivity index is 1.74. The zero-order chi connectivity index (χ0) is 7.69. The molecule has 0 amide bonds. The fraction of sp³-hybridized carbons (Fsp3) is 0.818. The number of rotatable bonds is 2. The van der Waals surface area contributed by atoms with Crippen molar-refractivity contribution in [2.45, 2.75) is 39.5 Å². The number of hydrogen-bond acceptors (Lipinski definition) is 0. The Kier molecular flexibility index (Phi) is 0.821. The van der Waals surface area contributed by atoms with Gasteiger partial charge in [0.25, 0.3) is 0 Å². The molecule has 3 atom stereocenters. The average Bonchev–Trinajstić information content (AvgIpc) is 2.63. The highest BCUT2D eigenvalue weighted by molar-refractivity contribution is 5.37. The van der Waals surface area contributed by atoms with Crippen molar-refractivity contribution in [2.24, 2.45) is 16.7 Å². The van der Waals surface area contributed by atoms with Gasteiger partial charge in [-0.1, -0.05) is 25.5 Å². The molecule has 0 aromatic heterocycles. The second kappa shape index (κ2) is 1.44. The van der Waals surface area contributed by atoms with Crippen LogP contribution in [0.25, 0.3) is 0 Å². The molecular weight excluding hydrogens is 132 g/mol. The summed E-state index contributed by atoms with van der Waals surface area (Å²) in [7, 11) is 0. The van der Waals surface area contributed by atoms with E-state index >= 15 is 0 Å². The number of fused-ring (bicyclic) bond motifs is 1. The standard InChI is InChI=1S/C11H16/c1-8-10(2)7-11(8,10)6-9-4-3-5-9/h4,8H,3,5-7H2,1-2H3. The van der Waals surface area contributed by atoms with Gasteiger partial charge in [0.2, 0.25) is 0 Å².